The first-order valence-corrected chi connectivity index (χ1v) is 5.60. The Kier molecular flexibility index (Phi) is 4.04. The highest BCUT2D eigenvalue weighted by molar-refractivity contribution is 5.04. The van der Waals surface area contributed by atoms with E-state index in [-0.39, 0.29) is 0 Å². The maximum atomic E-state index is 5.66. The summed E-state index contributed by atoms with van der Waals surface area (Å²) in [5.74, 6) is 2.17. The van der Waals surface area contributed by atoms with E-state index in [4.69, 9.17) is 10.5 Å². The van der Waals surface area contributed by atoms with Crippen molar-refractivity contribution in [1.29, 1.82) is 0 Å². The van der Waals surface area contributed by atoms with E-state index in [2.05, 4.69) is 28.6 Å². The minimum atomic E-state index is -0.435. The first-order valence-electron chi connectivity index (χ1n) is 5.60. The molecular formula is C11H22N4O. The summed E-state index contributed by atoms with van der Waals surface area (Å²) in [5.41, 5.74) is 5.23. The van der Waals surface area contributed by atoms with E-state index in [1.807, 2.05) is 13.8 Å². The summed E-state index contributed by atoms with van der Waals surface area (Å²) in [6, 6.07) is 0. The minimum absolute atomic E-state index is 0.402. The SMILES string of the molecule is COC(C)(C)c1nnc(CN)n1CC(C)C. The van der Waals surface area contributed by atoms with E-state index in [9.17, 15) is 0 Å². The molecule has 0 fully saturated rings. The molecule has 0 bridgehead atoms. The Balaban J connectivity index is 3.14. The van der Waals surface area contributed by atoms with Gasteiger partial charge in [-0.2, -0.15) is 0 Å². The number of ether oxygens (including phenoxy) is 1. The van der Waals surface area contributed by atoms with Crippen LogP contribution in [0.1, 0.15) is 39.3 Å². The lowest BCUT2D eigenvalue weighted by Crippen LogP contribution is -2.27. The summed E-state index contributed by atoms with van der Waals surface area (Å²) >= 11 is 0. The van der Waals surface area contributed by atoms with Crippen molar-refractivity contribution in [1.82, 2.24) is 14.8 Å². The molecule has 0 amide bonds. The van der Waals surface area contributed by atoms with Crippen LogP contribution in [0.2, 0.25) is 0 Å². The van der Waals surface area contributed by atoms with Gasteiger partial charge in [0.1, 0.15) is 11.4 Å². The lowest BCUT2D eigenvalue weighted by Gasteiger charge is -2.24. The smallest absolute Gasteiger partial charge is 0.164 e. The zero-order chi connectivity index (χ0) is 12.3. The first-order chi connectivity index (χ1) is 7.42. The summed E-state index contributed by atoms with van der Waals surface area (Å²) in [7, 11) is 1.68. The molecule has 1 heterocycles. The van der Waals surface area contributed by atoms with Crippen LogP contribution in [0.25, 0.3) is 0 Å². The maximum Gasteiger partial charge on any atom is 0.164 e. The van der Waals surface area contributed by atoms with Crippen molar-refractivity contribution in [3.05, 3.63) is 11.6 Å². The molecule has 0 aliphatic carbocycles. The molecule has 92 valence electrons. The molecule has 0 saturated heterocycles. The van der Waals surface area contributed by atoms with E-state index in [0.29, 0.717) is 12.5 Å². The third-order valence-corrected chi connectivity index (χ3v) is 2.61. The van der Waals surface area contributed by atoms with Gasteiger partial charge < -0.3 is 15.0 Å². The monoisotopic (exact) mass is 226 g/mol. The van der Waals surface area contributed by atoms with E-state index in [1.54, 1.807) is 7.11 Å². The Morgan fingerprint density at radius 2 is 2.00 bits per heavy atom. The summed E-state index contributed by atoms with van der Waals surface area (Å²) in [5, 5.41) is 8.30. The molecule has 5 heteroatoms. The quantitative estimate of drug-likeness (QED) is 0.821. The van der Waals surface area contributed by atoms with Gasteiger partial charge in [-0.3, -0.25) is 0 Å². The van der Waals surface area contributed by atoms with Crippen molar-refractivity contribution in [2.24, 2.45) is 11.7 Å². The third kappa shape index (κ3) is 2.59. The molecule has 0 radical (unpaired) electrons. The average Bonchev–Trinajstić information content (AvgIpc) is 2.60. The van der Waals surface area contributed by atoms with Crippen molar-refractivity contribution in [2.45, 2.75) is 46.4 Å². The number of hydrogen-bond donors (Lipinski definition) is 1. The first kappa shape index (κ1) is 13.1. The van der Waals surface area contributed by atoms with Crippen LogP contribution in [-0.4, -0.2) is 21.9 Å². The van der Waals surface area contributed by atoms with Gasteiger partial charge in [-0.05, 0) is 19.8 Å². The van der Waals surface area contributed by atoms with Gasteiger partial charge in [0.25, 0.3) is 0 Å². The minimum Gasteiger partial charge on any atom is -0.371 e. The number of hydrogen-bond acceptors (Lipinski definition) is 4. The van der Waals surface area contributed by atoms with Crippen molar-refractivity contribution in [3.63, 3.8) is 0 Å². The average molecular weight is 226 g/mol. The fourth-order valence-electron chi connectivity index (χ4n) is 1.58. The van der Waals surface area contributed by atoms with Crippen LogP contribution < -0.4 is 5.73 Å². The Morgan fingerprint density at radius 3 is 2.44 bits per heavy atom. The summed E-state index contributed by atoms with van der Waals surface area (Å²) in [6.45, 7) is 9.54. The lowest BCUT2D eigenvalue weighted by molar-refractivity contribution is 0.00765. The van der Waals surface area contributed by atoms with Gasteiger partial charge in [0, 0.05) is 13.7 Å². The third-order valence-electron chi connectivity index (χ3n) is 2.61. The topological polar surface area (TPSA) is 66.0 Å². The second-order valence-electron chi connectivity index (χ2n) is 4.86. The number of methoxy groups -OCH3 is 1. The van der Waals surface area contributed by atoms with Gasteiger partial charge in [-0.15, -0.1) is 10.2 Å². The van der Waals surface area contributed by atoms with Crippen LogP contribution in [-0.2, 0) is 23.4 Å². The number of rotatable bonds is 5. The molecular weight excluding hydrogens is 204 g/mol. The molecule has 16 heavy (non-hydrogen) atoms. The van der Waals surface area contributed by atoms with Gasteiger partial charge in [-0.1, -0.05) is 13.8 Å². The second kappa shape index (κ2) is 4.93. The van der Waals surface area contributed by atoms with Gasteiger partial charge in [0.2, 0.25) is 0 Å². The summed E-state index contributed by atoms with van der Waals surface area (Å²) in [6.07, 6.45) is 0. The molecule has 0 spiro atoms. The maximum absolute atomic E-state index is 5.66. The largest absolute Gasteiger partial charge is 0.371 e. The fraction of sp³-hybridized carbons (Fsp3) is 0.818. The Labute approximate surface area is 97.0 Å². The highest BCUT2D eigenvalue weighted by atomic mass is 16.5. The molecule has 0 aliphatic rings. The number of aromatic nitrogens is 3. The molecule has 0 atom stereocenters. The predicted octanol–water partition coefficient (Wildman–Crippen LogP) is 1.27. The van der Waals surface area contributed by atoms with Crippen molar-refractivity contribution >= 4 is 0 Å². The summed E-state index contributed by atoms with van der Waals surface area (Å²) in [4.78, 5) is 0. The molecule has 5 nitrogen and oxygen atoms in total. The van der Waals surface area contributed by atoms with Crippen LogP contribution >= 0.6 is 0 Å². The Bertz CT molecular complexity index is 344. The molecule has 0 aliphatic heterocycles. The van der Waals surface area contributed by atoms with Gasteiger partial charge in [0.15, 0.2) is 5.82 Å². The lowest BCUT2D eigenvalue weighted by atomic mass is 10.1. The molecule has 0 unspecified atom stereocenters. The normalized spacial score (nSPS) is 12.4. The fourth-order valence-corrected chi connectivity index (χ4v) is 1.58. The van der Waals surface area contributed by atoms with Gasteiger partial charge in [0.05, 0.1) is 6.54 Å². The summed E-state index contributed by atoms with van der Waals surface area (Å²) < 4.78 is 7.50. The van der Waals surface area contributed by atoms with Gasteiger partial charge in [-0.25, -0.2) is 0 Å². The molecule has 1 rings (SSSR count). The van der Waals surface area contributed by atoms with Gasteiger partial charge >= 0.3 is 0 Å². The second-order valence-corrected chi connectivity index (χ2v) is 4.86. The van der Waals surface area contributed by atoms with Crippen LogP contribution in [0.15, 0.2) is 0 Å². The zero-order valence-corrected chi connectivity index (χ0v) is 10.8. The van der Waals surface area contributed by atoms with Crippen molar-refractivity contribution in [2.75, 3.05) is 7.11 Å². The molecule has 1 aromatic rings. The van der Waals surface area contributed by atoms with Crippen LogP contribution in [0.5, 0.6) is 0 Å². The van der Waals surface area contributed by atoms with Crippen LogP contribution in [0.4, 0.5) is 0 Å². The van der Waals surface area contributed by atoms with Crippen LogP contribution in [0.3, 0.4) is 0 Å². The predicted molar refractivity (Wildman–Crippen MR) is 62.8 cm³/mol. The molecule has 0 saturated carbocycles. The highest BCUT2D eigenvalue weighted by Crippen LogP contribution is 2.23. The molecule has 1 aromatic heterocycles. The van der Waals surface area contributed by atoms with E-state index < -0.39 is 5.60 Å². The highest BCUT2D eigenvalue weighted by Gasteiger charge is 2.28. The van der Waals surface area contributed by atoms with E-state index in [0.717, 1.165) is 18.2 Å². The van der Waals surface area contributed by atoms with E-state index >= 15 is 0 Å². The van der Waals surface area contributed by atoms with Crippen molar-refractivity contribution < 1.29 is 4.74 Å². The Morgan fingerprint density at radius 1 is 1.38 bits per heavy atom. The molecule has 0 aromatic carbocycles. The number of nitrogens with zero attached hydrogens (tertiary/aromatic N) is 3. The molecule has 2 N–H and O–H groups in total. The standard InChI is InChI=1S/C11H22N4O/c1-8(2)7-15-9(6-12)13-14-10(15)11(3,4)16-5/h8H,6-7,12H2,1-5H3. The zero-order valence-electron chi connectivity index (χ0n) is 10.8. The number of nitrogens with two attached hydrogens (primary N) is 1. The van der Waals surface area contributed by atoms with Crippen molar-refractivity contribution in [3.8, 4) is 0 Å². The van der Waals surface area contributed by atoms with E-state index in [1.165, 1.54) is 0 Å². The van der Waals surface area contributed by atoms with Crippen LogP contribution in [0, 0.1) is 5.92 Å². The Hall–Kier alpha value is -0.940.